The largest absolute Gasteiger partial charge is 0.465 e. The molecule has 0 unspecified atom stereocenters. The summed E-state index contributed by atoms with van der Waals surface area (Å²) in [7, 11) is 0. The van der Waals surface area contributed by atoms with Gasteiger partial charge in [0.1, 0.15) is 24.1 Å². The molecular formula is C15H23FO5. The lowest BCUT2D eigenvalue weighted by atomic mass is 9.97. The number of esters is 1. The standard InChI is InChI=1S/C15H23FO5/c1-14(2,3)13(18)19-7-6-8-9(16)10(17)12-11(8)20-15(4,5)21-12/h10-12,17H,6-7H2,1-5H3/t10-,11+,12-/m0/s1. The third-order valence-electron chi connectivity index (χ3n) is 3.57. The summed E-state index contributed by atoms with van der Waals surface area (Å²) in [5.74, 6) is -1.83. The highest BCUT2D eigenvalue weighted by molar-refractivity contribution is 5.75. The average molecular weight is 302 g/mol. The fourth-order valence-corrected chi connectivity index (χ4v) is 2.49. The van der Waals surface area contributed by atoms with Crippen LogP contribution >= 0.6 is 0 Å². The second-order valence-electron chi connectivity index (χ2n) is 6.97. The van der Waals surface area contributed by atoms with E-state index >= 15 is 0 Å². The number of aliphatic hydroxyl groups is 1. The van der Waals surface area contributed by atoms with Crippen molar-refractivity contribution in [1.29, 1.82) is 0 Å². The number of carbonyl (C=O) groups excluding carboxylic acids is 1. The van der Waals surface area contributed by atoms with E-state index < -0.39 is 35.3 Å². The van der Waals surface area contributed by atoms with E-state index in [0.29, 0.717) is 5.57 Å². The normalized spacial score (nSPS) is 31.5. The highest BCUT2D eigenvalue weighted by atomic mass is 19.1. The molecule has 0 amide bonds. The predicted molar refractivity (Wildman–Crippen MR) is 73.0 cm³/mol. The Kier molecular flexibility index (Phi) is 4.17. The van der Waals surface area contributed by atoms with Crippen molar-refractivity contribution in [2.24, 2.45) is 5.41 Å². The van der Waals surface area contributed by atoms with Gasteiger partial charge < -0.3 is 19.3 Å². The van der Waals surface area contributed by atoms with E-state index in [1.807, 2.05) is 0 Å². The van der Waals surface area contributed by atoms with Gasteiger partial charge in [0.05, 0.1) is 12.0 Å². The van der Waals surface area contributed by atoms with E-state index in [0.717, 1.165) is 0 Å². The molecule has 5 nitrogen and oxygen atoms in total. The van der Waals surface area contributed by atoms with Crippen LogP contribution in [0.3, 0.4) is 0 Å². The first kappa shape index (κ1) is 16.4. The summed E-state index contributed by atoms with van der Waals surface area (Å²) in [5, 5.41) is 9.86. The second-order valence-corrected chi connectivity index (χ2v) is 6.97. The van der Waals surface area contributed by atoms with Crippen molar-refractivity contribution in [3.05, 3.63) is 11.4 Å². The van der Waals surface area contributed by atoms with Crippen LogP contribution < -0.4 is 0 Å². The Labute approximate surface area is 124 Å². The Morgan fingerprint density at radius 1 is 1.38 bits per heavy atom. The zero-order valence-electron chi connectivity index (χ0n) is 13.1. The summed E-state index contributed by atoms with van der Waals surface area (Å²) >= 11 is 0. The number of aliphatic hydroxyl groups excluding tert-OH is 1. The lowest BCUT2D eigenvalue weighted by Crippen LogP contribution is -2.30. The molecule has 1 N–H and O–H groups in total. The minimum absolute atomic E-state index is 0.0542. The molecule has 21 heavy (non-hydrogen) atoms. The molecule has 0 aromatic rings. The Morgan fingerprint density at radius 2 is 2.00 bits per heavy atom. The van der Waals surface area contributed by atoms with Gasteiger partial charge in [0.25, 0.3) is 0 Å². The topological polar surface area (TPSA) is 65.0 Å². The van der Waals surface area contributed by atoms with Crippen LogP contribution in [0.4, 0.5) is 4.39 Å². The number of hydrogen-bond acceptors (Lipinski definition) is 5. The third kappa shape index (κ3) is 3.27. The van der Waals surface area contributed by atoms with Crippen molar-refractivity contribution in [2.75, 3.05) is 6.61 Å². The number of fused-ring (bicyclic) bond motifs is 1. The molecule has 1 aliphatic carbocycles. The van der Waals surface area contributed by atoms with E-state index in [1.54, 1.807) is 34.6 Å². The molecule has 0 saturated carbocycles. The molecule has 1 saturated heterocycles. The molecule has 0 bridgehead atoms. The fraction of sp³-hybridized carbons (Fsp3) is 0.800. The predicted octanol–water partition coefficient (Wildman–Crippen LogP) is 2.08. The number of rotatable bonds is 3. The van der Waals surface area contributed by atoms with Crippen LogP contribution in [0.25, 0.3) is 0 Å². The number of carbonyl (C=O) groups is 1. The van der Waals surface area contributed by atoms with Gasteiger partial charge in [-0.15, -0.1) is 0 Å². The maximum Gasteiger partial charge on any atom is 0.311 e. The second kappa shape index (κ2) is 5.34. The van der Waals surface area contributed by atoms with Gasteiger partial charge in [-0.25, -0.2) is 4.39 Å². The van der Waals surface area contributed by atoms with Gasteiger partial charge in [-0.3, -0.25) is 4.79 Å². The van der Waals surface area contributed by atoms with E-state index in [4.69, 9.17) is 14.2 Å². The minimum Gasteiger partial charge on any atom is -0.465 e. The lowest BCUT2D eigenvalue weighted by molar-refractivity contribution is -0.156. The molecule has 0 aromatic carbocycles. The van der Waals surface area contributed by atoms with Crippen LogP contribution in [0.5, 0.6) is 0 Å². The molecule has 3 atom stereocenters. The first-order valence-corrected chi connectivity index (χ1v) is 7.12. The van der Waals surface area contributed by atoms with Crippen LogP contribution in [0.15, 0.2) is 11.4 Å². The number of hydrogen-bond donors (Lipinski definition) is 1. The summed E-state index contributed by atoms with van der Waals surface area (Å²) < 4.78 is 30.3. The summed E-state index contributed by atoms with van der Waals surface area (Å²) in [6, 6.07) is 0. The molecule has 1 heterocycles. The maximum absolute atomic E-state index is 14.0. The lowest BCUT2D eigenvalue weighted by Gasteiger charge is -2.20. The van der Waals surface area contributed by atoms with Crippen LogP contribution in [-0.2, 0) is 19.0 Å². The van der Waals surface area contributed by atoms with Crippen LogP contribution in [0.2, 0.25) is 0 Å². The highest BCUT2D eigenvalue weighted by Gasteiger charge is 2.53. The minimum atomic E-state index is -1.31. The van der Waals surface area contributed by atoms with Gasteiger partial charge in [-0.1, -0.05) is 0 Å². The molecule has 120 valence electrons. The molecule has 2 aliphatic rings. The monoisotopic (exact) mass is 302 g/mol. The van der Waals surface area contributed by atoms with E-state index in [-0.39, 0.29) is 19.0 Å². The van der Waals surface area contributed by atoms with Crippen molar-refractivity contribution in [3.63, 3.8) is 0 Å². The molecule has 0 spiro atoms. The van der Waals surface area contributed by atoms with Crippen molar-refractivity contribution in [1.82, 2.24) is 0 Å². The van der Waals surface area contributed by atoms with E-state index in [1.165, 1.54) is 0 Å². The maximum atomic E-state index is 14.0. The highest BCUT2D eigenvalue weighted by Crippen LogP contribution is 2.43. The quantitative estimate of drug-likeness (QED) is 0.809. The molecule has 1 aliphatic heterocycles. The zero-order valence-corrected chi connectivity index (χ0v) is 13.1. The fourth-order valence-electron chi connectivity index (χ4n) is 2.49. The first-order valence-electron chi connectivity index (χ1n) is 7.12. The SMILES string of the molecule is CC1(C)O[C@@H]2[C@H](O1)C(CCOC(=O)C(C)(C)C)=C(F)[C@@H]2O. The Morgan fingerprint density at radius 3 is 2.57 bits per heavy atom. The average Bonchev–Trinajstić information content (AvgIpc) is 2.75. The summed E-state index contributed by atoms with van der Waals surface area (Å²) in [5.41, 5.74) is -0.278. The van der Waals surface area contributed by atoms with Gasteiger partial charge >= 0.3 is 5.97 Å². The van der Waals surface area contributed by atoms with Gasteiger partial charge in [0, 0.05) is 6.42 Å². The van der Waals surface area contributed by atoms with Gasteiger partial charge in [-0.2, -0.15) is 0 Å². The van der Waals surface area contributed by atoms with Crippen LogP contribution in [-0.4, -0.2) is 41.8 Å². The van der Waals surface area contributed by atoms with Gasteiger partial charge in [0.15, 0.2) is 5.79 Å². The molecule has 6 heteroatoms. The van der Waals surface area contributed by atoms with Crippen LogP contribution in [0.1, 0.15) is 41.0 Å². The molecule has 2 rings (SSSR count). The van der Waals surface area contributed by atoms with Crippen LogP contribution in [0, 0.1) is 5.41 Å². The smallest absolute Gasteiger partial charge is 0.311 e. The van der Waals surface area contributed by atoms with Crippen molar-refractivity contribution < 1.29 is 28.5 Å². The van der Waals surface area contributed by atoms with Gasteiger partial charge in [-0.05, 0) is 40.2 Å². The number of ether oxygens (including phenoxy) is 3. The van der Waals surface area contributed by atoms with E-state index in [9.17, 15) is 14.3 Å². The van der Waals surface area contributed by atoms with Crippen molar-refractivity contribution in [2.45, 2.75) is 65.1 Å². The first-order chi connectivity index (χ1) is 9.53. The summed E-state index contributed by atoms with van der Waals surface area (Å²) in [6.45, 7) is 8.74. The summed E-state index contributed by atoms with van der Waals surface area (Å²) in [4.78, 5) is 11.7. The molecular weight excluding hydrogens is 279 g/mol. The molecule has 1 fully saturated rings. The Hall–Kier alpha value is -0.980. The van der Waals surface area contributed by atoms with Gasteiger partial charge in [0.2, 0.25) is 0 Å². The molecule has 0 aromatic heterocycles. The Balaban J connectivity index is 1.98. The van der Waals surface area contributed by atoms with E-state index in [2.05, 4.69) is 0 Å². The third-order valence-corrected chi connectivity index (χ3v) is 3.57. The van der Waals surface area contributed by atoms with Crippen molar-refractivity contribution >= 4 is 5.97 Å². The van der Waals surface area contributed by atoms with Crippen molar-refractivity contribution in [3.8, 4) is 0 Å². The number of halogens is 1. The zero-order chi connectivity index (χ0) is 16.0. The molecule has 0 radical (unpaired) electrons. The Bertz CT molecular complexity index is 463. The summed E-state index contributed by atoms with van der Waals surface area (Å²) in [6.07, 6.45) is -2.48.